The molecule has 0 radical (unpaired) electrons. The lowest BCUT2D eigenvalue weighted by Crippen LogP contribution is -2.51. The van der Waals surface area contributed by atoms with Gasteiger partial charge in [-0.3, -0.25) is 0 Å². The van der Waals surface area contributed by atoms with Crippen LogP contribution >= 0.6 is 11.6 Å². The van der Waals surface area contributed by atoms with Crippen LogP contribution in [-0.2, 0) is 10.0 Å². The van der Waals surface area contributed by atoms with E-state index in [0.717, 1.165) is 24.8 Å². The summed E-state index contributed by atoms with van der Waals surface area (Å²) in [5, 5.41) is 0.473. The maximum absolute atomic E-state index is 12.8. The number of hydrogen-bond acceptors (Lipinski definition) is 3. The summed E-state index contributed by atoms with van der Waals surface area (Å²) < 4.78 is 27.1. The molecule has 1 saturated heterocycles. The van der Waals surface area contributed by atoms with Crippen molar-refractivity contribution in [1.82, 2.24) is 4.31 Å². The van der Waals surface area contributed by atoms with Gasteiger partial charge in [-0.15, -0.1) is 0 Å². The highest BCUT2D eigenvalue weighted by molar-refractivity contribution is 7.89. The van der Waals surface area contributed by atoms with Gasteiger partial charge in [-0.05, 0) is 44.4 Å². The van der Waals surface area contributed by atoms with Gasteiger partial charge in [0.05, 0.1) is 4.90 Å². The number of rotatable bonds is 3. The van der Waals surface area contributed by atoms with Gasteiger partial charge in [-0.2, -0.15) is 4.31 Å². The minimum absolute atomic E-state index is 0.131. The Morgan fingerprint density at radius 3 is 2.70 bits per heavy atom. The second-order valence-electron chi connectivity index (χ2n) is 5.45. The molecule has 6 heteroatoms. The molecule has 1 aromatic carbocycles. The maximum atomic E-state index is 12.8. The largest absolute Gasteiger partial charge is 0.326 e. The molecule has 4 nitrogen and oxygen atoms in total. The monoisotopic (exact) mass is 316 g/mol. The minimum Gasteiger partial charge on any atom is -0.326 e. The van der Waals surface area contributed by atoms with Gasteiger partial charge >= 0.3 is 0 Å². The van der Waals surface area contributed by atoms with E-state index in [2.05, 4.69) is 0 Å². The predicted octanol–water partition coefficient (Wildman–Crippen LogP) is 2.54. The summed E-state index contributed by atoms with van der Waals surface area (Å²) in [5.74, 6) is 0. The summed E-state index contributed by atoms with van der Waals surface area (Å²) in [6, 6.07) is 4.57. The molecular formula is C14H21ClN2O2S. The number of nitrogens with zero attached hydrogens (tertiary/aromatic N) is 1. The zero-order chi connectivity index (χ0) is 14.9. The summed E-state index contributed by atoms with van der Waals surface area (Å²) in [6.07, 6.45) is 2.71. The number of hydrogen-bond donors (Lipinski definition) is 1. The van der Waals surface area contributed by atoms with Gasteiger partial charge in [0.25, 0.3) is 0 Å². The van der Waals surface area contributed by atoms with Crippen LogP contribution in [0.5, 0.6) is 0 Å². The van der Waals surface area contributed by atoms with E-state index >= 15 is 0 Å². The quantitative estimate of drug-likeness (QED) is 0.932. The molecule has 1 aliphatic heterocycles. The smallest absolute Gasteiger partial charge is 0.243 e. The van der Waals surface area contributed by atoms with Gasteiger partial charge in [0.1, 0.15) is 0 Å². The van der Waals surface area contributed by atoms with Gasteiger partial charge in [0.2, 0.25) is 10.0 Å². The number of benzene rings is 1. The molecule has 0 aromatic heterocycles. The molecule has 1 fully saturated rings. The summed E-state index contributed by atoms with van der Waals surface area (Å²) >= 11 is 6.05. The molecule has 0 amide bonds. The van der Waals surface area contributed by atoms with Crippen LogP contribution in [0.1, 0.15) is 31.7 Å². The van der Waals surface area contributed by atoms with E-state index < -0.39 is 10.0 Å². The van der Waals surface area contributed by atoms with E-state index in [1.165, 1.54) is 6.07 Å². The molecule has 0 aliphatic carbocycles. The summed E-state index contributed by atoms with van der Waals surface area (Å²) in [5.41, 5.74) is 6.82. The fourth-order valence-corrected chi connectivity index (χ4v) is 4.67. The molecule has 1 aromatic rings. The lowest BCUT2D eigenvalue weighted by atomic mass is 10.00. The number of aryl methyl sites for hydroxylation is 1. The fourth-order valence-electron chi connectivity index (χ4n) is 2.62. The van der Waals surface area contributed by atoms with Crippen molar-refractivity contribution in [2.24, 2.45) is 5.73 Å². The maximum Gasteiger partial charge on any atom is 0.243 e. The van der Waals surface area contributed by atoms with Gasteiger partial charge in [-0.1, -0.05) is 24.1 Å². The number of halogens is 1. The van der Waals surface area contributed by atoms with E-state index in [9.17, 15) is 8.42 Å². The van der Waals surface area contributed by atoms with E-state index in [0.29, 0.717) is 11.6 Å². The molecule has 0 spiro atoms. The van der Waals surface area contributed by atoms with Gasteiger partial charge in [-0.25, -0.2) is 8.42 Å². The van der Waals surface area contributed by atoms with Crippen molar-refractivity contribution >= 4 is 21.6 Å². The average molecular weight is 317 g/mol. The third-order valence-electron chi connectivity index (χ3n) is 3.86. The first kappa shape index (κ1) is 15.8. The van der Waals surface area contributed by atoms with E-state index in [4.69, 9.17) is 17.3 Å². The molecule has 2 rings (SSSR count). The minimum atomic E-state index is -3.53. The second-order valence-corrected chi connectivity index (χ2v) is 7.75. The van der Waals surface area contributed by atoms with Gasteiger partial charge in [0.15, 0.2) is 0 Å². The molecule has 0 bridgehead atoms. The first-order valence-corrected chi connectivity index (χ1v) is 8.69. The van der Waals surface area contributed by atoms with Crippen molar-refractivity contribution in [2.45, 2.75) is 50.1 Å². The molecule has 20 heavy (non-hydrogen) atoms. The normalized spacial score (nSPS) is 22.7. The molecule has 112 valence electrons. The predicted molar refractivity (Wildman–Crippen MR) is 81.4 cm³/mol. The Kier molecular flexibility index (Phi) is 4.74. The molecule has 1 heterocycles. The van der Waals surface area contributed by atoms with E-state index in [1.807, 2.05) is 13.8 Å². The first-order chi connectivity index (χ1) is 9.34. The summed E-state index contributed by atoms with van der Waals surface area (Å²) in [4.78, 5) is 0.251. The molecule has 2 N–H and O–H groups in total. The zero-order valence-corrected chi connectivity index (χ0v) is 13.4. The Morgan fingerprint density at radius 2 is 2.10 bits per heavy atom. The molecule has 1 aliphatic rings. The zero-order valence-electron chi connectivity index (χ0n) is 11.8. The van der Waals surface area contributed by atoms with Crippen LogP contribution < -0.4 is 5.73 Å². The van der Waals surface area contributed by atoms with Crippen molar-refractivity contribution < 1.29 is 8.42 Å². The van der Waals surface area contributed by atoms with Gasteiger partial charge < -0.3 is 5.73 Å². The highest BCUT2D eigenvalue weighted by atomic mass is 35.5. The third-order valence-corrected chi connectivity index (χ3v) is 6.18. The average Bonchev–Trinajstić information content (AvgIpc) is 2.41. The van der Waals surface area contributed by atoms with Crippen LogP contribution in [0.25, 0.3) is 0 Å². The highest BCUT2D eigenvalue weighted by Crippen LogP contribution is 2.28. The van der Waals surface area contributed by atoms with Crippen LogP contribution in [0.4, 0.5) is 0 Å². The Morgan fingerprint density at radius 1 is 1.40 bits per heavy atom. The lowest BCUT2D eigenvalue weighted by Gasteiger charge is -2.36. The Hall–Kier alpha value is -0.620. The van der Waals surface area contributed by atoms with Crippen molar-refractivity contribution in [2.75, 3.05) is 6.54 Å². The standard InChI is InChI=1S/C14H21ClN2O2S/c1-10-6-7-12(9-13(10)15)20(18,19)17-8-4-3-5-14(17)11(2)16/h6-7,9,11,14H,3-5,8,16H2,1-2H3. The molecule has 2 unspecified atom stereocenters. The van der Waals surface area contributed by atoms with E-state index in [1.54, 1.807) is 16.4 Å². The van der Waals surface area contributed by atoms with Crippen molar-refractivity contribution in [1.29, 1.82) is 0 Å². The van der Waals surface area contributed by atoms with Crippen LogP contribution in [0.3, 0.4) is 0 Å². The van der Waals surface area contributed by atoms with Crippen molar-refractivity contribution in [3.8, 4) is 0 Å². The SMILES string of the molecule is Cc1ccc(S(=O)(=O)N2CCCCC2C(C)N)cc1Cl. The van der Waals surface area contributed by atoms with Crippen LogP contribution in [0.15, 0.2) is 23.1 Å². The van der Waals surface area contributed by atoms with Crippen molar-refractivity contribution in [3.63, 3.8) is 0 Å². The third kappa shape index (κ3) is 3.01. The molecule has 0 saturated carbocycles. The van der Waals surface area contributed by atoms with Crippen LogP contribution in [0, 0.1) is 6.92 Å². The Labute approximate surface area is 126 Å². The number of sulfonamides is 1. The van der Waals surface area contributed by atoms with Crippen LogP contribution in [-0.4, -0.2) is 31.4 Å². The summed E-state index contributed by atoms with van der Waals surface area (Å²) in [7, 11) is -3.53. The first-order valence-electron chi connectivity index (χ1n) is 6.87. The Balaban J connectivity index is 2.39. The number of nitrogens with two attached hydrogens (primary N) is 1. The molecular weight excluding hydrogens is 296 g/mol. The summed E-state index contributed by atoms with van der Waals surface area (Å²) in [6.45, 7) is 4.24. The van der Waals surface area contributed by atoms with Crippen LogP contribution in [0.2, 0.25) is 5.02 Å². The van der Waals surface area contributed by atoms with Crippen molar-refractivity contribution in [3.05, 3.63) is 28.8 Å². The highest BCUT2D eigenvalue weighted by Gasteiger charge is 2.35. The Bertz CT molecular complexity index is 587. The lowest BCUT2D eigenvalue weighted by molar-refractivity contribution is 0.227. The topological polar surface area (TPSA) is 63.4 Å². The second kappa shape index (κ2) is 6.02. The number of piperidine rings is 1. The van der Waals surface area contributed by atoms with Gasteiger partial charge in [0, 0.05) is 23.7 Å². The van der Waals surface area contributed by atoms with E-state index in [-0.39, 0.29) is 17.0 Å². The molecule has 2 atom stereocenters. The fraction of sp³-hybridized carbons (Fsp3) is 0.571.